The van der Waals surface area contributed by atoms with E-state index in [1.54, 1.807) is 0 Å². The van der Waals surface area contributed by atoms with E-state index in [2.05, 4.69) is 20.3 Å². The van der Waals surface area contributed by atoms with Gasteiger partial charge < -0.3 is 11.1 Å². The minimum Gasteiger partial charge on any atom is -0.368 e. The van der Waals surface area contributed by atoms with Crippen LogP contribution in [0.25, 0.3) is 0 Å². The zero-order valence-electron chi connectivity index (χ0n) is 8.91. The molecule has 0 fully saturated rings. The van der Waals surface area contributed by atoms with Crippen LogP contribution in [0.15, 0.2) is 18.2 Å². The van der Waals surface area contributed by atoms with Crippen LogP contribution in [0.3, 0.4) is 0 Å². The normalized spacial score (nSPS) is 10.3. The molecule has 0 saturated carbocycles. The zero-order valence-corrected chi connectivity index (χ0v) is 10.4. The molecule has 7 heteroatoms. The Kier molecular flexibility index (Phi) is 3.31. The average molecular weight is 270 g/mol. The number of nitrogens with one attached hydrogen (secondary N) is 1. The van der Waals surface area contributed by atoms with E-state index in [4.69, 9.17) is 28.9 Å². The second-order valence-electron chi connectivity index (χ2n) is 3.39. The van der Waals surface area contributed by atoms with E-state index in [9.17, 15) is 0 Å². The third-order valence-corrected chi connectivity index (χ3v) is 2.48. The van der Waals surface area contributed by atoms with Crippen molar-refractivity contribution in [3.8, 4) is 0 Å². The Morgan fingerprint density at radius 1 is 1.18 bits per heavy atom. The van der Waals surface area contributed by atoms with Gasteiger partial charge in [-0.15, -0.1) is 0 Å². The Morgan fingerprint density at radius 2 is 1.94 bits per heavy atom. The number of nitrogens with zero attached hydrogens (tertiary/aromatic N) is 3. The first-order valence-electron chi connectivity index (χ1n) is 4.75. The van der Waals surface area contributed by atoms with Gasteiger partial charge in [0.2, 0.25) is 17.2 Å². The number of halogens is 2. The molecule has 0 aliphatic heterocycles. The first-order valence-corrected chi connectivity index (χ1v) is 5.50. The van der Waals surface area contributed by atoms with Gasteiger partial charge in [0.05, 0.1) is 10.7 Å². The van der Waals surface area contributed by atoms with Crippen molar-refractivity contribution in [3.63, 3.8) is 0 Å². The summed E-state index contributed by atoms with van der Waals surface area (Å²) in [6, 6.07) is 5.57. The van der Waals surface area contributed by atoms with Crippen LogP contribution >= 0.6 is 23.2 Å². The average Bonchev–Trinajstić information content (AvgIpc) is 2.21. The molecule has 2 aromatic rings. The molecule has 0 saturated heterocycles. The third kappa shape index (κ3) is 2.95. The second kappa shape index (κ2) is 4.73. The van der Waals surface area contributed by atoms with Crippen molar-refractivity contribution in [1.29, 1.82) is 0 Å². The van der Waals surface area contributed by atoms with Crippen molar-refractivity contribution in [1.82, 2.24) is 15.0 Å². The molecule has 5 nitrogen and oxygen atoms in total. The van der Waals surface area contributed by atoms with Crippen molar-refractivity contribution >= 4 is 40.8 Å². The standard InChI is InChI=1S/C10H9Cl2N5/c1-5-2-3-7(6(11)4-5)14-10-16-8(12)15-9(13)17-10/h2-4H,1H3,(H3,13,14,15,16,17). The van der Waals surface area contributed by atoms with Crippen molar-refractivity contribution in [2.24, 2.45) is 0 Å². The first-order chi connectivity index (χ1) is 8.04. The molecule has 0 spiro atoms. The number of hydrogen-bond acceptors (Lipinski definition) is 5. The van der Waals surface area contributed by atoms with Gasteiger partial charge in [0.1, 0.15) is 0 Å². The van der Waals surface area contributed by atoms with Crippen LogP contribution in [0.1, 0.15) is 5.56 Å². The van der Waals surface area contributed by atoms with Crippen molar-refractivity contribution in [3.05, 3.63) is 34.1 Å². The smallest absolute Gasteiger partial charge is 0.233 e. The number of anilines is 3. The molecular formula is C10H9Cl2N5. The minimum absolute atomic E-state index is 0.0308. The second-order valence-corrected chi connectivity index (χ2v) is 4.14. The van der Waals surface area contributed by atoms with Crippen LogP contribution in [0.2, 0.25) is 10.3 Å². The van der Waals surface area contributed by atoms with Gasteiger partial charge in [0, 0.05) is 0 Å². The summed E-state index contributed by atoms with van der Waals surface area (Å²) in [5.41, 5.74) is 7.20. The SMILES string of the molecule is Cc1ccc(Nc2nc(N)nc(Cl)n2)c(Cl)c1. The molecule has 3 N–H and O–H groups in total. The minimum atomic E-state index is 0.0308. The number of nitrogens with two attached hydrogens (primary N) is 1. The summed E-state index contributed by atoms with van der Waals surface area (Å²) in [7, 11) is 0. The highest BCUT2D eigenvalue weighted by Gasteiger charge is 2.05. The van der Waals surface area contributed by atoms with Gasteiger partial charge in [0.25, 0.3) is 0 Å². The van der Waals surface area contributed by atoms with Crippen LogP contribution in [0, 0.1) is 6.92 Å². The lowest BCUT2D eigenvalue weighted by Crippen LogP contribution is -2.03. The number of hydrogen-bond donors (Lipinski definition) is 2. The van der Waals surface area contributed by atoms with Gasteiger partial charge >= 0.3 is 0 Å². The zero-order chi connectivity index (χ0) is 12.4. The fourth-order valence-corrected chi connectivity index (χ4v) is 1.71. The Bertz CT molecular complexity index is 538. The number of benzene rings is 1. The van der Waals surface area contributed by atoms with Gasteiger partial charge in [0.15, 0.2) is 0 Å². The van der Waals surface area contributed by atoms with Crippen LogP contribution in [-0.4, -0.2) is 15.0 Å². The van der Waals surface area contributed by atoms with E-state index in [0.29, 0.717) is 10.7 Å². The summed E-state index contributed by atoms with van der Waals surface area (Å²) in [6.07, 6.45) is 0. The molecule has 0 unspecified atom stereocenters. The van der Waals surface area contributed by atoms with Crippen LogP contribution in [0.4, 0.5) is 17.6 Å². The predicted molar refractivity (Wildman–Crippen MR) is 68.7 cm³/mol. The van der Waals surface area contributed by atoms with Crippen LogP contribution < -0.4 is 11.1 Å². The summed E-state index contributed by atoms with van der Waals surface area (Å²) in [5, 5.41) is 3.52. The van der Waals surface area contributed by atoms with Gasteiger partial charge in [-0.25, -0.2) is 0 Å². The van der Waals surface area contributed by atoms with E-state index in [1.807, 2.05) is 25.1 Å². The Balaban J connectivity index is 2.31. The molecular weight excluding hydrogens is 261 g/mol. The molecule has 0 aliphatic rings. The largest absolute Gasteiger partial charge is 0.368 e. The summed E-state index contributed by atoms with van der Waals surface area (Å²) < 4.78 is 0. The molecule has 1 aromatic carbocycles. The van der Waals surface area contributed by atoms with E-state index < -0.39 is 0 Å². The Labute approximate surface area is 108 Å². The Hall–Kier alpha value is -1.59. The predicted octanol–water partition coefficient (Wildman–Crippen LogP) is 2.81. The fourth-order valence-electron chi connectivity index (χ4n) is 1.26. The molecule has 1 heterocycles. The van der Waals surface area contributed by atoms with Gasteiger partial charge in [-0.2, -0.15) is 15.0 Å². The molecule has 0 bridgehead atoms. The maximum Gasteiger partial charge on any atom is 0.233 e. The fraction of sp³-hybridized carbons (Fsp3) is 0.100. The maximum absolute atomic E-state index is 6.06. The Morgan fingerprint density at radius 3 is 2.59 bits per heavy atom. The van der Waals surface area contributed by atoms with Crippen molar-refractivity contribution < 1.29 is 0 Å². The van der Waals surface area contributed by atoms with Crippen molar-refractivity contribution in [2.75, 3.05) is 11.1 Å². The van der Waals surface area contributed by atoms with Gasteiger partial charge in [-0.3, -0.25) is 0 Å². The topological polar surface area (TPSA) is 76.7 Å². The van der Waals surface area contributed by atoms with Crippen LogP contribution in [0.5, 0.6) is 0 Å². The molecule has 2 rings (SSSR count). The first kappa shape index (κ1) is 11.9. The molecule has 0 amide bonds. The summed E-state index contributed by atoms with van der Waals surface area (Å²) >= 11 is 11.7. The summed E-state index contributed by atoms with van der Waals surface area (Å²) in [5.74, 6) is 0.309. The van der Waals surface area contributed by atoms with E-state index >= 15 is 0 Å². The van der Waals surface area contributed by atoms with E-state index in [-0.39, 0.29) is 17.2 Å². The van der Waals surface area contributed by atoms with E-state index in [1.165, 1.54) is 0 Å². The number of aromatic nitrogens is 3. The highest BCUT2D eigenvalue weighted by Crippen LogP contribution is 2.25. The molecule has 1 aromatic heterocycles. The molecule has 0 atom stereocenters. The lowest BCUT2D eigenvalue weighted by Gasteiger charge is -2.07. The highest BCUT2D eigenvalue weighted by atomic mass is 35.5. The molecule has 0 aliphatic carbocycles. The highest BCUT2D eigenvalue weighted by molar-refractivity contribution is 6.33. The summed E-state index contributed by atoms with van der Waals surface area (Å²) in [6.45, 7) is 1.95. The maximum atomic E-state index is 6.06. The molecule has 0 radical (unpaired) electrons. The third-order valence-electron chi connectivity index (χ3n) is 2.00. The number of aryl methyl sites for hydroxylation is 1. The molecule has 17 heavy (non-hydrogen) atoms. The number of nitrogen functional groups attached to an aromatic ring is 1. The monoisotopic (exact) mass is 269 g/mol. The lowest BCUT2D eigenvalue weighted by molar-refractivity contribution is 1.07. The molecule has 88 valence electrons. The van der Waals surface area contributed by atoms with E-state index in [0.717, 1.165) is 5.56 Å². The van der Waals surface area contributed by atoms with Gasteiger partial charge in [-0.05, 0) is 36.2 Å². The number of rotatable bonds is 2. The lowest BCUT2D eigenvalue weighted by atomic mass is 10.2. The summed E-state index contributed by atoms with van der Waals surface area (Å²) in [4.78, 5) is 11.4. The quantitative estimate of drug-likeness (QED) is 0.877. The van der Waals surface area contributed by atoms with Crippen molar-refractivity contribution in [2.45, 2.75) is 6.92 Å². The van der Waals surface area contributed by atoms with Gasteiger partial charge in [-0.1, -0.05) is 17.7 Å². The van der Waals surface area contributed by atoms with Crippen LogP contribution in [-0.2, 0) is 0 Å².